The van der Waals surface area contributed by atoms with Gasteiger partial charge in [0.1, 0.15) is 6.29 Å². The fourth-order valence-electron chi connectivity index (χ4n) is 8.08. The highest BCUT2D eigenvalue weighted by molar-refractivity contribution is 5.74. The smallest absolute Gasteiger partial charge is 0.145 e. The molecule has 0 saturated heterocycles. The van der Waals surface area contributed by atoms with Gasteiger partial charge in [-0.05, 0) is 102 Å². The SMILES string of the molecule is C=C(C=CC=C(COCCO)C1CCC2(C1O)C1C(=C(C)C=O)C(C=CC1CCO)CC2(O)CCNC)CCC=C(C)C. The van der Waals surface area contributed by atoms with Gasteiger partial charge in [0.15, 0.2) is 0 Å². The Morgan fingerprint density at radius 2 is 1.98 bits per heavy atom. The number of aldehydes is 1. The highest BCUT2D eigenvalue weighted by Crippen LogP contribution is 2.67. The van der Waals surface area contributed by atoms with Crippen LogP contribution in [0.15, 0.2) is 70.9 Å². The second kappa shape index (κ2) is 16.3. The van der Waals surface area contributed by atoms with Crippen LogP contribution in [0.2, 0.25) is 0 Å². The molecule has 0 heterocycles. The number of rotatable bonds is 16. The summed E-state index contributed by atoms with van der Waals surface area (Å²) in [7, 11) is 1.86. The molecule has 43 heavy (non-hydrogen) atoms. The summed E-state index contributed by atoms with van der Waals surface area (Å²) in [6.07, 6.45) is 16.8. The number of allylic oxidation sites excluding steroid dienone is 10. The number of aliphatic hydroxyl groups excluding tert-OH is 3. The monoisotopic (exact) mass is 597 g/mol. The van der Waals surface area contributed by atoms with Gasteiger partial charge < -0.3 is 30.5 Å². The molecule has 0 aromatic carbocycles. The summed E-state index contributed by atoms with van der Waals surface area (Å²) in [5, 5.41) is 47.7. The maximum Gasteiger partial charge on any atom is 0.145 e. The normalized spacial score (nSPS) is 33.3. The summed E-state index contributed by atoms with van der Waals surface area (Å²) in [5.74, 6) is -0.756. The van der Waals surface area contributed by atoms with E-state index in [1.165, 1.54) is 5.57 Å². The molecule has 0 radical (unpaired) electrons. The molecular formula is C36H55NO6. The third kappa shape index (κ3) is 7.75. The fraction of sp³-hybridized carbons (Fsp3) is 0.639. The second-order valence-corrected chi connectivity index (χ2v) is 13.0. The molecule has 0 aliphatic heterocycles. The Bertz CT molecular complexity index is 1110. The highest BCUT2D eigenvalue weighted by atomic mass is 16.5. The minimum absolute atomic E-state index is 0.0173. The van der Waals surface area contributed by atoms with Crippen molar-refractivity contribution in [2.75, 3.05) is 40.0 Å². The van der Waals surface area contributed by atoms with Crippen LogP contribution in [0.25, 0.3) is 0 Å². The van der Waals surface area contributed by atoms with Gasteiger partial charge in [-0.15, -0.1) is 0 Å². The largest absolute Gasteiger partial charge is 0.396 e. The van der Waals surface area contributed by atoms with Gasteiger partial charge in [-0.25, -0.2) is 0 Å². The maximum absolute atomic E-state index is 12.6. The molecule has 7 heteroatoms. The van der Waals surface area contributed by atoms with E-state index < -0.39 is 17.1 Å². The molecule has 0 aromatic heterocycles. The van der Waals surface area contributed by atoms with E-state index in [1.54, 1.807) is 0 Å². The molecular weight excluding hydrogens is 542 g/mol. The van der Waals surface area contributed by atoms with Crippen molar-refractivity contribution in [1.82, 2.24) is 5.32 Å². The summed E-state index contributed by atoms with van der Waals surface area (Å²) >= 11 is 0. The van der Waals surface area contributed by atoms with Gasteiger partial charge in [0.25, 0.3) is 0 Å². The highest BCUT2D eigenvalue weighted by Gasteiger charge is 2.68. The van der Waals surface area contributed by atoms with Gasteiger partial charge in [-0.3, -0.25) is 4.79 Å². The van der Waals surface area contributed by atoms with Crippen LogP contribution in [0.3, 0.4) is 0 Å². The molecule has 3 aliphatic carbocycles. The lowest BCUT2D eigenvalue weighted by Gasteiger charge is -2.61. The quantitative estimate of drug-likeness (QED) is 0.0580. The average molecular weight is 598 g/mol. The van der Waals surface area contributed by atoms with Gasteiger partial charge in [0.05, 0.1) is 31.5 Å². The van der Waals surface area contributed by atoms with Crippen molar-refractivity contribution in [2.24, 2.45) is 29.1 Å². The van der Waals surface area contributed by atoms with Crippen molar-refractivity contribution in [3.63, 3.8) is 0 Å². The second-order valence-electron chi connectivity index (χ2n) is 13.0. The summed E-state index contributed by atoms with van der Waals surface area (Å²) in [4.78, 5) is 12.2. The van der Waals surface area contributed by atoms with E-state index in [2.05, 4.69) is 44.0 Å². The Kier molecular flexibility index (Phi) is 13.4. The molecule has 2 fully saturated rings. The molecule has 7 nitrogen and oxygen atoms in total. The first-order valence-electron chi connectivity index (χ1n) is 16.0. The number of hydrogen-bond donors (Lipinski definition) is 5. The van der Waals surface area contributed by atoms with Crippen LogP contribution >= 0.6 is 0 Å². The van der Waals surface area contributed by atoms with Crippen molar-refractivity contribution in [3.8, 4) is 0 Å². The minimum Gasteiger partial charge on any atom is -0.396 e. The Labute approximate surface area is 258 Å². The molecule has 2 bridgehead atoms. The van der Waals surface area contributed by atoms with Crippen LogP contribution in [0.4, 0.5) is 0 Å². The molecule has 3 rings (SSSR count). The zero-order valence-corrected chi connectivity index (χ0v) is 26.7. The first kappa shape index (κ1) is 35.4. The number of fused-ring (bicyclic) bond motifs is 3. The average Bonchev–Trinajstić information content (AvgIpc) is 3.32. The molecule has 5 N–H and O–H groups in total. The van der Waals surface area contributed by atoms with Crippen LogP contribution in [0, 0.1) is 29.1 Å². The van der Waals surface area contributed by atoms with Crippen LogP contribution < -0.4 is 5.32 Å². The molecule has 0 amide bonds. The lowest BCUT2D eigenvalue weighted by Crippen LogP contribution is -2.65. The zero-order valence-electron chi connectivity index (χ0n) is 26.7. The number of aliphatic hydroxyl groups is 4. The lowest BCUT2D eigenvalue weighted by atomic mass is 9.45. The van der Waals surface area contributed by atoms with E-state index in [4.69, 9.17) is 4.74 Å². The maximum atomic E-state index is 12.6. The van der Waals surface area contributed by atoms with E-state index in [0.29, 0.717) is 44.2 Å². The Morgan fingerprint density at radius 3 is 2.63 bits per heavy atom. The van der Waals surface area contributed by atoms with Crippen LogP contribution in [0.5, 0.6) is 0 Å². The standard InChI is InChI=1S/C36H55NO6/c1-25(2)8-6-9-26(3)10-7-11-30(24-43-21-20-39)31-14-16-36(34(31)41)33-28(15-19-38)12-13-29(32(33)27(4)23-40)22-35(36,42)17-18-37-5/h7-8,10-13,23,28-29,31,33-34,37-39,41-42H,3,6,9,14-22,24H2,1-2,4-5H3. The number of nitrogens with one attached hydrogen (secondary N) is 1. The van der Waals surface area contributed by atoms with Gasteiger partial charge >= 0.3 is 0 Å². The minimum atomic E-state index is -1.18. The Morgan fingerprint density at radius 1 is 1.21 bits per heavy atom. The molecule has 7 atom stereocenters. The summed E-state index contributed by atoms with van der Waals surface area (Å²) in [5.41, 5.74) is 2.76. The number of carbonyl (C=O) groups is 1. The molecule has 3 aliphatic rings. The molecule has 240 valence electrons. The number of hydrogen-bond acceptors (Lipinski definition) is 7. The molecule has 0 aromatic rings. The molecule has 7 unspecified atom stereocenters. The first-order chi connectivity index (χ1) is 20.6. The van der Waals surface area contributed by atoms with Crippen molar-refractivity contribution in [3.05, 3.63) is 70.9 Å². The van der Waals surface area contributed by atoms with Gasteiger partial charge in [0.2, 0.25) is 0 Å². The summed E-state index contributed by atoms with van der Waals surface area (Å²) in [6.45, 7) is 11.1. The fourth-order valence-corrected chi connectivity index (χ4v) is 8.08. The zero-order chi connectivity index (χ0) is 31.6. The van der Waals surface area contributed by atoms with Crippen molar-refractivity contribution in [1.29, 1.82) is 0 Å². The Hall–Kier alpha value is -2.13. The van der Waals surface area contributed by atoms with E-state index in [1.807, 2.05) is 32.2 Å². The van der Waals surface area contributed by atoms with Crippen molar-refractivity contribution < 1.29 is 30.0 Å². The third-order valence-corrected chi connectivity index (χ3v) is 10.0. The molecule has 2 saturated carbocycles. The van der Waals surface area contributed by atoms with Gasteiger partial charge in [-0.2, -0.15) is 0 Å². The van der Waals surface area contributed by atoms with Crippen LogP contribution in [-0.4, -0.2) is 78.4 Å². The van der Waals surface area contributed by atoms with E-state index in [0.717, 1.165) is 35.8 Å². The van der Waals surface area contributed by atoms with Gasteiger partial charge in [-0.1, -0.05) is 59.8 Å². The predicted octanol–water partition coefficient (Wildman–Crippen LogP) is 4.60. The Balaban J connectivity index is 2.07. The summed E-state index contributed by atoms with van der Waals surface area (Å²) < 4.78 is 5.80. The lowest BCUT2D eigenvalue weighted by molar-refractivity contribution is -0.194. The summed E-state index contributed by atoms with van der Waals surface area (Å²) in [6, 6.07) is 0. The predicted molar refractivity (Wildman–Crippen MR) is 172 cm³/mol. The molecule has 1 spiro atoms. The first-order valence-corrected chi connectivity index (χ1v) is 16.0. The van der Waals surface area contributed by atoms with Crippen molar-refractivity contribution in [2.45, 2.75) is 77.4 Å². The third-order valence-electron chi connectivity index (χ3n) is 10.0. The number of carbonyl (C=O) groups excluding carboxylic acids is 1. The van der Waals surface area contributed by atoms with Crippen LogP contribution in [0.1, 0.15) is 65.7 Å². The van der Waals surface area contributed by atoms with E-state index >= 15 is 0 Å². The van der Waals surface area contributed by atoms with E-state index in [-0.39, 0.29) is 50.1 Å². The van der Waals surface area contributed by atoms with Gasteiger partial charge in [0, 0.05) is 23.9 Å². The number of ether oxygens (including phenoxy) is 1. The topological polar surface area (TPSA) is 119 Å². The van der Waals surface area contributed by atoms with Crippen LogP contribution in [-0.2, 0) is 9.53 Å². The van der Waals surface area contributed by atoms with Crippen molar-refractivity contribution >= 4 is 6.29 Å². The van der Waals surface area contributed by atoms with E-state index in [9.17, 15) is 25.2 Å².